The zero-order valence-corrected chi connectivity index (χ0v) is 11.9. The lowest BCUT2D eigenvalue weighted by Gasteiger charge is -2.16. The fraction of sp³-hybridized carbons (Fsp3) is 0.333. The number of nitrogens with one attached hydrogen (secondary N) is 2. The normalized spacial score (nSPS) is 10.9. The van der Waals surface area contributed by atoms with E-state index in [-0.39, 0.29) is 17.5 Å². The van der Waals surface area contributed by atoms with Crippen molar-refractivity contribution in [1.82, 2.24) is 0 Å². The molecule has 98 valence electrons. The Balaban J connectivity index is 2.94. The Bertz CT molecular complexity index is 483. The molecule has 0 atom stereocenters. The van der Waals surface area contributed by atoms with Gasteiger partial charge in [-0.1, -0.05) is 15.9 Å². The Labute approximate surface area is 113 Å². The third-order valence-corrected chi connectivity index (χ3v) is 2.43. The summed E-state index contributed by atoms with van der Waals surface area (Å²) >= 11 is 3.18. The first-order valence-electron chi connectivity index (χ1n) is 5.27. The molecule has 0 spiro atoms. The van der Waals surface area contributed by atoms with Crippen LogP contribution in [0.3, 0.4) is 0 Å². The number of benzene rings is 1. The summed E-state index contributed by atoms with van der Waals surface area (Å²) < 4.78 is 12.7. The molecule has 2 N–H and O–H groups in total. The van der Waals surface area contributed by atoms with Gasteiger partial charge in [-0.25, -0.2) is 4.39 Å². The van der Waals surface area contributed by atoms with Crippen molar-refractivity contribution in [2.45, 2.75) is 25.1 Å². The summed E-state index contributed by atoms with van der Waals surface area (Å²) in [4.78, 5) is 22.6. The topological polar surface area (TPSA) is 58.2 Å². The van der Waals surface area contributed by atoms with Crippen LogP contribution >= 0.6 is 15.9 Å². The van der Waals surface area contributed by atoms with E-state index in [4.69, 9.17) is 0 Å². The molecule has 2 amide bonds. The van der Waals surface area contributed by atoms with Crippen molar-refractivity contribution in [1.29, 1.82) is 0 Å². The highest BCUT2D eigenvalue weighted by Gasteiger charge is 2.24. The second-order valence-corrected chi connectivity index (χ2v) is 6.28. The highest BCUT2D eigenvalue weighted by Crippen LogP contribution is 2.23. The number of carbonyl (C=O) groups excluding carboxylic acids is 2. The summed E-state index contributed by atoms with van der Waals surface area (Å²) in [5.74, 6) is -1.20. The van der Waals surface area contributed by atoms with Crippen LogP contribution in [0.15, 0.2) is 18.2 Å². The van der Waals surface area contributed by atoms with E-state index < -0.39 is 10.1 Å². The minimum Gasteiger partial charge on any atom is -0.326 e. The average molecular weight is 317 g/mol. The van der Waals surface area contributed by atoms with Crippen LogP contribution in [0.5, 0.6) is 0 Å². The summed E-state index contributed by atoms with van der Waals surface area (Å²) in [5, 5.41) is 4.97. The molecule has 0 aliphatic heterocycles. The third kappa shape index (κ3) is 4.10. The largest absolute Gasteiger partial charge is 0.326 e. The van der Waals surface area contributed by atoms with Crippen LogP contribution in [0.1, 0.15) is 20.8 Å². The number of alkyl halides is 1. The fourth-order valence-electron chi connectivity index (χ4n) is 1.17. The van der Waals surface area contributed by atoms with Crippen molar-refractivity contribution in [3.8, 4) is 0 Å². The van der Waals surface area contributed by atoms with Crippen molar-refractivity contribution in [3.63, 3.8) is 0 Å². The van der Waals surface area contributed by atoms with Crippen molar-refractivity contribution in [2.24, 2.45) is 0 Å². The van der Waals surface area contributed by atoms with Crippen molar-refractivity contribution in [3.05, 3.63) is 24.0 Å². The predicted octanol–water partition coefficient (Wildman–Crippen LogP) is 2.90. The minimum absolute atomic E-state index is 0.0266. The van der Waals surface area contributed by atoms with E-state index in [2.05, 4.69) is 26.6 Å². The summed E-state index contributed by atoms with van der Waals surface area (Å²) in [6, 6.07) is 3.97. The zero-order valence-electron chi connectivity index (χ0n) is 10.3. The molecule has 0 aromatic heterocycles. The number of carbonyl (C=O) groups is 2. The van der Waals surface area contributed by atoms with Gasteiger partial charge in [0.25, 0.3) is 0 Å². The molecular weight excluding hydrogens is 303 g/mol. The molecule has 0 fully saturated rings. The van der Waals surface area contributed by atoms with Gasteiger partial charge in [-0.3, -0.25) is 9.59 Å². The lowest BCUT2D eigenvalue weighted by Crippen LogP contribution is -2.31. The van der Waals surface area contributed by atoms with Crippen LogP contribution < -0.4 is 10.6 Å². The van der Waals surface area contributed by atoms with E-state index in [0.29, 0.717) is 5.69 Å². The minimum atomic E-state index is -0.802. The van der Waals surface area contributed by atoms with Crippen LogP contribution in [0.25, 0.3) is 0 Å². The Morgan fingerprint density at radius 3 is 2.39 bits per heavy atom. The number of rotatable bonds is 3. The van der Waals surface area contributed by atoms with Gasteiger partial charge in [0, 0.05) is 12.6 Å². The van der Waals surface area contributed by atoms with Gasteiger partial charge >= 0.3 is 0 Å². The van der Waals surface area contributed by atoms with E-state index in [1.165, 1.54) is 25.1 Å². The van der Waals surface area contributed by atoms with Gasteiger partial charge in [-0.05, 0) is 32.0 Å². The lowest BCUT2D eigenvalue weighted by molar-refractivity contribution is -0.117. The highest BCUT2D eigenvalue weighted by atomic mass is 79.9. The van der Waals surface area contributed by atoms with Crippen LogP contribution in [0, 0.1) is 5.82 Å². The first kappa shape index (κ1) is 14.6. The smallest absolute Gasteiger partial charge is 0.240 e. The third-order valence-electron chi connectivity index (χ3n) is 2.07. The van der Waals surface area contributed by atoms with Crippen molar-refractivity contribution in [2.75, 3.05) is 10.6 Å². The van der Waals surface area contributed by atoms with E-state index in [1.54, 1.807) is 13.8 Å². The fourth-order valence-corrected chi connectivity index (χ4v) is 1.27. The maximum Gasteiger partial charge on any atom is 0.240 e. The monoisotopic (exact) mass is 316 g/mol. The molecule has 1 aromatic carbocycles. The summed E-state index contributed by atoms with van der Waals surface area (Å²) in [5.41, 5.74) is 0.449. The van der Waals surface area contributed by atoms with E-state index >= 15 is 0 Å². The maximum atomic E-state index is 13.5. The number of amides is 2. The number of hydrogen-bond acceptors (Lipinski definition) is 2. The Kier molecular flexibility index (Phi) is 4.45. The molecule has 0 saturated heterocycles. The quantitative estimate of drug-likeness (QED) is 0.842. The van der Waals surface area contributed by atoms with Gasteiger partial charge in [0.2, 0.25) is 11.8 Å². The summed E-state index contributed by atoms with van der Waals surface area (Å²) in [6.07, 6.45) is 0. The van der Waals surface area contributed by atoms with Gasteiger partial charge in [-0.2, -0.15) is 0 Å². The zero-order chi connectivity index (χ0) is 13.9. The van der Waals surface area contributed by atoms with Crippen molar-refractivity contribution >= 4 is 39.1 Å². The van der Waals surface area contributed by atoms with Gasteiger partial charge in [0.05, 0.1) is 10.0 Å². The molecule has 4 nitrogen and oxygen atoms in total. The van der Waals surface area contributed by atoms with E-state index in [1.807, 2.05) is 0 Å². The lowest BCUT2D eigenvalue weighted by atomic mass is 10.2. The van der Waals surface area contributed by atoms with Crippen LogP contribution in [0.2, 0.25) is 0 Å². The van der Waals surface area contributed by atoms with E-state index in [9.17, 15) is 14.0 Å². The van der Waals surface area contributed by atoms with Crippen LogP contribution in [-0.2, 0) is 9.59 Å². The number of halogens is 2. The second kappa shape index (κ2) is 5.48. The van der Waals surface area contributed by atoms with Crippen LogP contribution in [-0.4, -0.2) is 16.1 Å². The second-order valence-electron chi connectivity index (χ2n) is 4.30. The molecule has 0 radical (unpaired) electrons. The molecular formula is C12H14BrFN2O2. The Morgan fingerprint density at radius 2 is 1.89 bits per heavy atom. The predicted molar refractivity (Wildman–Crippen MR) is 72.3 cm³/mol. The molecule has 6 heteroatoms. The van der Waals surface area contributed by atoms with E-state index in [0.717, 1.165) is 0 Å². The SMILES string of the molecule is CC(=O)Nc1ccc(F)c(NC(=O)C(C)(C)Br)c1. The van der Waals surface area contributed by atoms with Gasteiger partial charge in [0.15, 0.2) is 0 Å². The van der Waals surface area contributed by atoms with Crippen molar-refractivity contribution < 1.29 is 14.0 Å². The summed E-state index contributed by atoms with van der Waals surface area (Å²) in [7, 11) is 0. The molecule has 0 aliphatic carbocycles. The molecule has 0 unspecified atom stereocenters. The van der Waals surface area contributed by atoms with Gasteiger partial charge < -0.3 is 10.6 Å². The first-order valence-corrected chi connectivity index (χ1v) is 6.07. The molecule has 0 saturated carbocycles. The number of anilines is 2. The standard InChI is InChI=1S/C12H14BrFN2O2/c1-7(17)15-8-4-5-9(14)10(6-8)16-11(18)12(2,3)13/h4-6H,1-3H3,(H,15,17)(H,16,18). The highest BCUT2D eigenvalue weighted by molar-refractivity contribution is 9.10. The molecule has 18 heavy (non-hydrogen) atoms. The maximum absolute atomic E-state index is 13.5. The molecule has 1 rings (SSSR count). The Morgan fingerprint density at radius 1 is 1.28 bits per heavy atom. The molecule has 0 bridgehead atoms. The van der Waals surface area contributed by atoms with Gasteiger partial charge in [-0.15, -0.1) is 0 Å². The first-order chi connectivity index (χ1) is 8.20. The van der Waals surface area contributed by atoms with Crippen LogP contribution in [0.4, 0.5) is 15.8 Å². The molecule has 0 aliphatic rings. The summed E-state index contributed by atoms with van der Waals surface area (Å²) in [6.45, 7) is 4.65. The average Bonchev–Trinajstić information content (AvgIpc) is 2.20. The molecule has 0 heterocycles. The number of hydrogen-bond donors (Lipinski definition) is 2. The Hall–Kier alpha value is -1.43. The van der Waals surface area contributed by atoms with Gasteiger partial charge in [0.1, 0.15) is 5.82 Å². The molecule has 1 aromatic rings.